The Morgan fingerprint density at radius 1 is 1.33 bits per heavy atom. The van der Waals surface area contributed by atoms with Crippen molar-refractivity contribution in [1.29, 1.82) is 0 Å². The Morgan fingerprint density at radius 2 is 1.92 bits per heavy atom. The van der Waals surface area contributed by atoms with E-state index in [1.165, 1.54) is 11.1 Å². The third-order valence-corrected chi connectivity index (χ3v) is 1.81. The van der Waals surface area contributed by atoms with Gasteiger partial charge in [0, 0.05) is 0 Å². The number of benzene rings is 1. The van der Waals surface area contributed by atoms with Crippen LogP contribution in [0.2, 0.25) is 0 Å². The minimum absolute atomic E-state index is 1.14. The molecule has 0 heterocycles. The largest absolute Gasteiger partial charge is 0.115 e. The van der Waals surface area contributed by atoms with E-state index >= 15 is 0 Å². The first-order valence-corrected chi connectivity index (χ1v) is 3.94. The van der Waals surface area contributed by atoms with E-state index in [1.807, 2.05) is 6.92 Å². The van der Waals surface area contributed by atoms with Gasteiger partial charge in [-0.2, -0.15) is 0 Å². The Labute approximate surface area is 73.9 Å². The van der Waals surface area contributed by atoms with E-state index in [0.717, 1.165) is 5.57 Å². The SMILES string of the molecule is C#C/C=C(\C)c1ccc(C)cc1. The van der Waals surface area contributed by atoms with E-state index in [-0.39, 0.29) is 0 Å². The van der Waals surface area contributed by atoms with Crippen molar-refractivity contribution in [1.82, 2.24) is 0 Å². The van der Waals surface area contributed by atoms with Crippen molar-refractivity contribution in [2.75, 3.05) is 0 Å². The highest BCUT2D eigenvalue weighted by atomic mass is 14.0. The van der Waals surface area contributed by atoms with E-state index in [2.05, 4.69) is 37.1 Å². The van der Waals surface area contributed by atoms with Gasteiger partial charge in [0.15, 0.2) is 0 Å². The number of hydrogen-bond donors (Lipinski definition) is 0. The molecule has 0 heteroatoms. The van der Waals surface area contributed by atoms with Crippen LogP contribution in [0.3, 0.4) is 0 Å². The lowest BCUT2D eigenvalue weighted by Crippen LogP contribution is -1.78. The third kappa shape index (κ3) is 2.00. The first-order chi connectivity index (χ1) is 5.74. The Bertz CT molecular complexity index is 320. The van der Waals surface area contributed by atoms with Crippen LogP contribution in [0.25, 0.3) is 5.57 Å². The van der Waals surface area contributed by atoms with Gasteiger partial charge in [0.1, 0.15) is 0 Å². The quantitative estimate of drug-likeness (QED) is 0.548. The summed E-state index contributed by atoms with van der Waals surface area (Å²) in [6.07, 6.45) is 6.95. The lowest BCUT2D eigenvalue weighted by atomic mass is 10.1. The van der Waals surface area contributed by atoms with Gasteiger partial charge >= 0.3 is 0 Å². The summed E-state index contributed by atoms with van der Waals surface area (Å²) < 4.78 is 0. The highest BCUT2D eigenvalue weighted by Crippen LogP contribution is 2.13. The van der Waals surface area contributed by atoms with Crippen LogP contribution in [0, 0.1) is 19.3 Å². The molecule has 0 aliphatic heterocycles. The molecule has 0 aliphatic rings. The van der Waals surface area contributed by atoms with Crippen LogP contribution in [0.1, 0.15) is 18.1 Å². The van der Waals surface area contributed by atoms with Crippen LogP contribution >= 0.6 is 0 Å². The summed E-state index contributed by atoms with van der Waals surface area (Å²) in [6.45, 7) is 4.09. The Balaban J connectivity index is 2.99. The fraction of sp³-hybridized carbons (Fsp3) is 0.167. The van der Waals surface area contributed by atoms with Crippen molar-refractivity contribution in [2.24, 2.45) is 0 Å². The fourth-order valence-corrected chi connectivity index (χ4v) is 1.02. The second-order valence-corrected chi connectivity index (χ2v) is 2.86. The van der Waals surface area contributed by atoms with Gasteiger partial charge in [-0.05, 0) is 31.1 Å². The predicted molar refractivity (Wildman–Crippen MR) is 53.7 cm³/mol. The molecule has 12 heavy (non-hydrogen) atoms. The highest BCUT2D eigenvalue weighted by molar-refractivity contribution is 5.66. The summed E-state index contributed by atoms with van der Waals surface area (Å²) in [5.74, 6) is 2.52. The van der Waals surface area contributed by atoms with Crippen LogP contribution in [0.15, 0.2) is 30.3 Å². The standard InChI is InChI=1S/C12H12/c1-4-5-11(3)12-8-6-10(2)7-9-12/h1,5-9H,2-3H3/b11-5+. The van der Waals surface area contributed by atoms with E-state index < -0.39 is 0 Å². The highest BCUT2D eigenvalue weighted by Gasteiger charge is 1.92. The van der Waals surface area contributed by atoms with Crippen LogP contribution in [0.4, 0.5) is 0 Å². The van der Waals surface area contributed by atoms with Crippen LogP contribution in [-0.2, 0) is 0 Å². The van der Waals surface area contributed by atoms with Crippen LogP contribution in [0.5, 0.6) is 0 Å². The van der Waals surface area contributed by atoms with Gasteiger partial charge in [-0.1, -0.05) is 35.7 Å². The summed E-state index contributed by atoms with van der Waals surface area (Å²) in [6, 6.07) is 8.34. The molecular weight excluding hydrogens is 144 g/mol. The zero-order chi connectivity index (χ0) is 8.97. The lowest BCUT2D eigenvalue weighted by Gasteiger charge is -1.99. The number of hydrogen-bond acceptors (Lipinski definition) is 0. The molecule has 60 valence electrons. The van der Waals surface area contributed by atoms with Crippen molar-refractivity contribution >= 4 is 5.57 Å². The molecule has 0 unspecified atom stereocenters. The van der Waals surface area contributed by atoms with E-state index in [1.54, 1.807) is 6.08 Å². The second kappa shape index (κ2) is 3.78. The number of rotatable bonds is 1. The smallest absolute Gasteiger partial charge is 0.00863 e. The van der Waals surface area contributed by atoms with Gasteiger partial charge in [-0.15, -0.1) is 6.42 Å². The molecule has 0 N–H and O–H groups in total. The summed E-state index contributed by atoms with van der Waals surface area (Å²) in [4.78, 5) is 0. The molecule has 0 amide bonds. The normalized spacial score (nSPS) is 10.9. The average Bonchev–Trinajstić information content (AvgIpc) is 2.06. The van der Waals surface area contributed by atoms with E-state index in [0.29, 0.717) is 0 Å². The first-order valence-electron chi connectivity index (χ1n) is 3.94. The second-order valence-electron chi connectivity index (χ2n) is 2.86. The van der Waals surface area contributed by atoms with Crippen LogP contribution < -0.4 is 0 Å². The molecule has 0 saturated heterocycles. The topological polar surface area (TPSA) is 0 Å². The average molecular weight is 156 g/mol. The molecule has 0 spiro atoms. The molecule has 0 radical (unpaired) electrons. The minimum atomic E-state index is 1.14. The zero-order valence-corrected chi connectivity index (χ0v) is 7.46. The van der Waals surface area contributed by atoms with Crippen molar-refractivity contribution in [2.45, 2.75) is 13.8 Å². The molecule has 0 atom stereocenters. The number of allylic oxidation sites excluding steroid dienone is 2. The Hall–Kier alpha value is -1.48. The molecule has 0 aliphatic carbocycles. The molecule has 1 rings (SSSR count). The van der Waals surface area contributed by atoms with Crippen molar-refractivity contribution < 1.29 is 0 Å². The molecule has 0 saturated carbocycles. The van der Waals surface area contributed by atoms with Gasteiger partial charge in [-0.25, -0.2) is 0 Å². The zero-order valence-electron chi connectivity index (χ0n) is 7.46. The Kier molecular flexibility index (Phi) is 2.71. The van der Waals surface area contributed by atoms with E-state index in [4.69, 9.17) is 6.42 Å². The summed E-state index contributed by atoms with van der Waals surface area (Å²) >= 11 is 0. The monoisotopic (exact) mass is 156 g/mol. The molecule has 0 aromatic heterocycles. The van der Waals surface area contributed by atoms with Gasteiger partial charge in [-0.3, -0.25) is 0 Å². The molecule has 0 nitrogen and oxygen atoms in total. The van der Waals surface area contributed by atoms with Gasteiger partial charge < -0.3 is 0 Å². The maximum Gasteiger partial charge on any atom is -0.00863 e. The number of terminal acetylenes is 1. The predicted octanol–water partition coefficient (Wildman–Crippen LogP) is 3.03. The summed E-state index contributed by atoms with van der Waals surface area (Å²) in [5.41, 5.74) is 3.60. The molecule has 0 bridgehead atoms. The summed E-state index contributed by atoms with van der Waals surface area (Å²) in [7, 11) is 0. The summed E-state index contributed by atoms with van der Waals surface area (Å²) in [5, 5.41) is 0. The maximum absolute atomic E-state index is 5.17. The van der Waals surface area contributed by atoms with Crippen LogP contribution in [-0.4, -0.2) is 0 Å². The lowest BCUT2D eigenvalue weighted by molar-refractivity contribution is 1.44. The number of aryl methyl sites for hydroxylation is 1. The fourth-order valence-electron chi connectivity index (χ4n) is 1.02. The van der Waals surface area contributed by atoms with Gasteiger partial charge in [0.25, 0.3) is 0 Å². The minimum Gasteiger partial charge on any atom is -0.115 e. The molecular formula is C12H12. The van der Waals surface area contributed by atoms with Crippen molar-refractivity contribution in [3.8, 4) is 12.3 Å². The van der Waals surface area contributed by atoms with Crippen molar-refractivity contribution in [3.05, 3.63) is 41.5 Å². The molecule has 1 aromatic carbocycles. The van der Waals surface area contributed by atoms with Gasteiger partial charge in [0.2, 0.25) is 0 Å². The maximum atomic E-state index is 5.17. The molecule has 0 fully saturated rings. The molecule has 1 aromatic rings. The van der Waals surface area contributed by atoms with E-state index in [9.17, 15) is 0 Å². The Morgan fingerprint density at radius 3 is 2.42 bits per heavy atom. The van der Waals surface area contributed by atoms with Gasteiger partial charge in [0.05, 0.1) is 0 Å². The first kappa shape index (κ1) is 8.62. The van der Waals surface area contributed by atoms with Crippen molar-refractivity contribution in [3.63, 3.8) is 0 Å². The third-order valence-electron chi connectivity index (χ3n) is 1.81.